The third-order valence-electron chi connectivity index (χ3n) is 3.91. The number of carbonyl (C=O) groups excluding carboxylic acids is 1. The SMILES string of the molecule is CC(N)C1CCN(c2ncc([N+](=O)[O-])cc2C(N)=O)CC1. The Kier molecular flexibility index (Phi) is 4.37. The maximum absolute atomic E-state index is 11.5. The first-order valence-electron chi connectivity index (χ1n) is 6.85. The van der Waals surface area contributed by atoms with Crippen molar-refractivity contribution in [1.29, 1.82) is 0 Å². The topological polar surface area (TPSA) is 128 Å². The Morgan fingerprint density at radius 2 is 2.14 bits per heavy atom. The first-order chi connectivity index (χ1) is 9.90. The molecule has 0 saturated carbocycles. The predicted molar refractivity (Wildman–Crippen MR) is 78.0 cm³/mol. The number of anilines is 1. The number of nitrogens with zero attached hydrogens (tertiary/aromatic N) is 3. The van der Waals surface area contributed by atoms with Crippen molar-refractivity contribution in [2.75, 3.05) is 18.0 Å². The van der Waals surface area contributed by atoms with Gasteiger partial charge in [-0.1, -0.05) is 0 Å². The van der Waals surface area contributed by atoms with Crippen LogP contribution in [0.3, 0.4) is 0 Å². The molecule has 2 heterocycles. The fraction of sp³-hybridized carbons (Fsp3) is 0.538. The van der Waals surface area contributed by atoms with Crippen molar-refractivity contribution < 1.29 is 9.72 Å². The molecule has 0 radical (unpaired) electrons. The van der Waals surface area contributed by atoms with Gasteiger partial charge in [0.1, 0.15) is 12.0 Å². The molecule has 114 valence electrons. The van der Waals surface area contributed by atoms with Gasteiger partial charge in [0, 0.05) is 25.2 Å². The van der Waals surface area contributed by atoms with Gasteiger partial charge in [0.2, 0.25) is 0 Å². The Balaban J connectivity index is 2.24. The molecule has 1 aliphatic rings. The van der Waals surface area contributed by atoms with Gasteiger partial charge in [-0.05, 0) is 25.7 Å². The lowest BCUT2D eigenvalue weighted by atomic mass is 9.91. The second kappa shape index (κ2) is 6.04. The van der Waals surface area contributed by atoms with Crippen molar-refractivity contribution >= 4 is 17.4 Å². The molecule has 2 rings (SSSR count). The highest BCUT2D eigenvalue weighted by molar-refractivity contribution is 5.98. The van der Waals surface area contributed by atoms with Gasteiger partial charge in [-0.25, -0.2) is 4.98 Å². The molecule has 0 aliphatic carbocycles. The van der Waals surface area contributed by atoms with Crippen molar-refractivity contribution in [3.8, 4) is 0 Å². The summed E-state index contributed by atoms with van der Waals surface area (Å²) in [6.07, 6.45) is 2.95. The molecule has 1 atom stereocenters. The van der Waals surface area contributed by atoms with Gasteiger partial charge in [0.05, 0.1) is 10.5 Å². The number of primary amides is 1. The van der Waals surface area contributed by atoms with Gasteiger partial charge in [-0.2, -0.15) is 0 Å². The molecule has 4 N–H and O–H groups in total. The molecule has 1 aromatic heterocycles. The number of hydrogen-bond donors (Lipinski definition) is 2. The summed E-state index contributed by atoms with van der Waals surface area (Å²) in [5, 5.41) is 10.8. The third-order valence-corrected chi connectivity index (χ3v) is 3.91. The van der Waals surface area contributed by atoms with Crippen molar-refractivity contribution in [3.05, 3.63) is 27.9 Å². The fourth-order valence-corrected chi connectivity index (χ4v) is 2.62. The van der Waals surface area contributed by atoms with Crippen LogP contribution >= 0.6 is 0 Å². The number of carbonyl (C=O) groups is 1. The number of hydrogen-bond acceptors (Lipinski definition) is 6. The van der Waals surface area contributed by atoms with E-state index in [1.807, 2.05) is 11.8 Å². The van der Waals surface area contributed by atoms with Crippen molar-refractivity contribution in [3.63, 3.8) is 0 Å². The molecule has 1 amide bonds. The minimum atomic E-state index is -0.712. The minimum Gasteiger partial charge on any atom is -0.365 e. The first-order valence-corrected chi connectivity index (χ1v) is 6.85. The lowest BCUT2D eigenvalue weighted by Crippen LogP contribution is -2.40. The summed E-state index contributed by atoms with van der Waals surface area (Å²) >= 11 is 0. The molecule has 0 bridgehead atoms. The van der Waals surface area contributed by atoms with Crippen LogP contribution in [0.4, 0.5) is 11.5 Å². The van der Waals surface area contributed by atoms with Crippen LogP contribution < -0.4 is 16.4 Å². The Morgan fingerprint density at radius 1 is 1.52 bits per heavy atom. The van der Waals surface area contributed by atoms with Gasteiger partial charge in [0.25, 0.3) is 11.6 Å². The summed E-state index contributed by atoms with van der Waals surface area (Å²) in [4.78, 5) is 27.7. The van der Waals surface area contributed by atoms with Crippen molar-refractivity contribution in [1.82, 2.24) is 4.98 Å². The molecule has 8 heteroatoms. The number of rotatable bonds is 4. The smallest absolute Gasteiger partial charge is 0.288 e. The van der Waals surface area contributed by atoms with E-state index in [9.17, 15) is 14.9 Å². The van der Waals surface area contributed by atoms with Gasteiger partial charge in [-0.3, -0.25) is 14.9 Å². The van der Waals surface area contributed by atoms with Gasteiger partial charge in [-0.15, -0.1) is 0 Å². The van der Waals surface area contributed by atoms with E-state index < -0.39 is 10.8 Å². The first kappa shape index (κ1) is 15.2. The highest BCUT2D eigenvalue weighted by Gasteiger charge is 2.26. The van der Waals surface area contributed by atoms with Gasteiger partial charge >= 0.3 is 0 Å². The standard InChI is InChI=1S/C13H19N5O3/c1-8(14)9-2-4-17(5-3-9)13-11(12(15)19)6-10(7-16-13)18(20)21/h6-9H,2-5,14H2,1H3,(H2,15,19). The van der Waals surface area contributed by atoms with Gasteiger partial charge < -0.3 is 16.4 Å². The molecule has 1 aliphatic heterocycles. The van der Waals surface area contributed by atoms with E-state index in [1.54, 1.807) is 0 Å². The molecule has 1 unspecified atom stereocenters. The van der Waals surface area contributed by atoms with Crippen LogP contribution in [0.25, 0.3) is 0 Å². The summed E-state index contributed by atoms with van der Waals surface area (Å²) in [7, 11) is 0. The van der Waals surface area contributed by atoms with E-state index >= 15 is 0 Å². The van der Waals surface area contributed by atoms with E-state index in [1.165, 1.54) is 6.07 Å². The monoisotopic (exact) mass is 293 g/mol. The number of nitrogens with two attached hydrogens (primary N) is 2. The Hall–Kier alpha value is -2.22. The highest BCUT2D eigenvalue weighted by atomic mass is 16.6. The van der Waals surface area contributed by atoms with Crippen molar-refractivity contribution in [2.24, 2.45) is 17.4 Å². The summed E-state index contributed by atoms with van der Waals surface area (Å²) in [6.45, 7) is 3.40. The molecule has 0 spiro atoms. The summed E-state index contributed by atoms with van der Waals surface area (Å²) in [5.41, 5.74) is 11.1. The third kappa shape index (κ3) is 3.27. The second-order valence-corrected chi connectivity index (χ2v) is 5.37. The molecule has 1 aromatic rings. The molecule has 21 heavy (non-hydrogen) atoms. The van der Waals surface area contributed by atoms with Crippen LogP contribution in [-0.2, 0) is 0 Å². The number of nitro groups is 1. The van der Waals surface area contributed by atoms with Crippen LogP contribution in [0.5, 0.6) is 0 Å². The summed E-state index contributed by atoms with van der Waals surface area (Å²) in [5.74, 6) is 0.142. The van der Waals surface area contributed by atoms with E-state index in [0.29, 0.717) is 24.8 Å². The quantitative estimate of drug-likeness (QED) is 0.619. The molecule has 8 nitrogen and oxygen atoms in total. The number of amides is 1. The molecule has 0 aromatic carbocycles. The number of pyridine rings is 1. The number of aromatic nitrogens is 1. The normalized spacial score (nSPS) is 17.5. The average Bonchev–Trinajstić information content (AvgIpc) is 2.46. The van der Waals surface area contributed by atoms with Crippen LogP contribution in [0.1, 0.15) is 30.1 Å². The second-order valence-electron chi connectivity index (χ2n) is 5.37. The highest BCUT2D eigenvalue weighted by Crippen LogP contribution is 2.27. The lowest BCUT2D eigenvalue weighted by Gasteiger charge is -2.34. The Bertz CT molecular complexity index is 553. The van der Waals surface area contributed by atoms with Crippen LogP contribution in [-0.4, -0.2) is 34.9 Å². The lowest BCUT2D eigenvalue weighted by molar-refractivity contribution is -0.385. The van der Waals surface area contributed by atoms with E-state index in [-0.39, 0.29) is 17.3 Å². The minimum absolute atomic E-state index is 0.0865. The molecule has 1 fully saturated rings. The van der Waals surface area contributed by atoms with E-state index in [2.05, 4.69) is 4.98 Å². The van der Waals surface area contributed by atoms with Crippen molar-refractivity contribution in [2.45, 2.75) is 25.8 Å². The van der Waals surface area contributed by atoms with Crippen LogP contribution in [0.15, 0.2) is 12.3 Å². The van der Waals surface area contributed by atoms with Gasteiger partial charge in [0.15, 0.2) is 0 Å². The predicted octanol–water partition coefficient (Wildman–Crippen LogP) is 0.652. The molecule has 1 saturated heterocycles. The maximum Gasteiger partial charge on any atom is 0.288 e. The van der Waals surface area contributed by atoms with E-state index in [0.717, 1.165) is 19.0 Å². The summed E-state index contributed by atoms with van der Waals surface area (Å²) < 4.78 is 0. The largest absolute Gasteiger partial charge is 0.365 e. The Labute approximate surface area is 122 Å². The van der Waals surface area contributed by atoms with E-state index in [4.69, 9.17) is 11.5 Å². The molecular weight excluding hydrogens is 274 g/mol. The average molecular weight is 293 g/mol. The van der Waals surface area contributed by atoms with Crippen LogP contribution in [0.2, 0.25) is 0 Å². The number of piperidine rings is 1. The summed E-state index contributed by atoms with van der Waals surface area (Å²) in [6, 6.07) is 1.31. The zero-order valence-corrected chi connectivity index (χ0v) is 11.9. The fourth-order valence-electron chi connectivity index (χ4n) is 2.62. The maximum atomic E-state index is 11.5. The molecular formula is C13H19N5O3. The zero-order chi connectivity index (χ0) is 15.6. The Morgan fingerprint density at radius 3 is 2.62 bits per heavy atom. The van der Waals surface area contributed by atoms with Crippen LogP contribution in [0, 0.1) is 16.0 Å². The zero-order valence-electron chi connectivity index (χ0n) is 11.9.